The number of hydrogen-bond donors (Lipinski definition) is 2. The number of amides is 1. The molecule has 3 aromatic rings. The highest BCUT2D eigenvalue weighted by Crippen LogP contribution is 2.31. The van der Waals surface area contributed by atoms with Crippen molar-refractivity contribution >= 4 is 21.8 Å². The lowest BCUT2D eigenvalue weighted by molar-refractivity contribution is 0.0949. The molecule has 27 heavy (non-hydrogen) atoms. The van der Waals surface area contributed by atoms with Crippen LogP contribution < -0.4 is 11.1 Å². The molecule has 1 amide bonds. The Balaban J connectivity index is 1.44. The highest BCUT2D eigenvalue weighted by molar-refractivity contribution is 9.10. The lowest BCUT2D eigenvalue weighted by Crippen LogP contribution is -2.23. The number of carbonyl (C=O) groups excluding carboxylic acids is 1. The van der Waals surface area contributed by atoms with Crippen molar-refractivity contribution in [2.75, 3.05) is 0 Å². The minimum Gasteiger partial charge on any atom is -0.345 e. The third kappa shape index (κ3) is 3.94. The zero-order valence-electron chi connectivity index (χ0n) is 14.6. The number of aromatic nitrogens is 2. The molecule has 1 aromatic heterocycles. The Morgan fingerprint density at radius 2 is 2.07 bits per heavy atom. The third-order valence-corrected chi connectivity index (χ3v) is 5.26. The summed E-state index contributed by atoms with van der Waals surface area (Å²) >= 11 is 3.35. The van der Waals surface area contributed by atoms with Crippen LogP contribution in [0.25, 0.3) is 11.5 Å². The Morgan fingerprint density at radius 3 is 2.89 bits per heavy atom. The van der Waals surface area contributed by atoms with Crippen molar-refractivity contribution in [2.45, 2.75) is 31.8 Å². The van der Waals surface area contributed by atoms with E-state index in [1.165, 1.54) is 11.1 Å². The van der Waals surface area contributed by atoms with Crippen molar-refractivity contribution in [2.24, 2.45) is 5.73 Å². The molecule has 0 bridgehead atoms. The highest BCUT2D eigenvalue weighted by Gasteiger charge is 2.18. The van der Waals surface area contributed by atoms with Crippen molar-refractivity contribution in [3.63, 3.8) is 0 Å². The van der Waals surface area contributed by atoms with Gasteiger partial charge in [-0.15, -0.1) is 0 Å². The van der Waals surface area contributed by atoms with Crippen molar-refractivity contribution < 1.29 is 9.32 Å². The van der Waals surface area contributed by atoms with Gasteiger partial charge >= 0.3 is 0 Å². The molecular formula is C20H19BrN4O2. The van der Waals surface area contributed by atoms with Gasteiger partial charge in [0.15, 0.2) is 5.82 Å². The van der Waals surface area contributed by atoms with E-state index in [0.717, 1.165) is 29.3 Å². The molecule has 1 aliphatic carbocycles. The molecule has 6 nitrogen and oxygen atoms in total. The summed E-state index contributed by atoms with van der Waals surface area (Å²) in [4.78, 5) is 16.6. The second-order valence-electron chi connectivity index (χ2n) is 6.62. The van der Waals surface area contributed by atoms with Crippen molar-refractivity contribution in [1.29, 1.82) is 0 Å². The summed E-state index contributed by atoms with van der Waals surface area (Å²) in [5.41, 5.74) is 10.1. The predicted octanol–water partition coefficient (Wildman–Crippen LogP) is 3.77. The van der Waals surface area contributed by atoms with Crippen LogP contribution in [0, 0.1) is 0 Å². The summed E-state index contributed by atoms with van der Waals surface area (Å²) in [6.07, 6.45) is 3.13. The van der Waals surface area contributed by atoms with Gasteiger partial charge in [-0.05, 0) is 66.8 Å². The van der Waals surface area contributed by atoms with E-state index in [1.807, 2.05) is 24.3 Å². The molecule has 7 heteroatoms. The van der Waals surface area contributed by atoms with Crippen LogP contribution in [0.4, 0.5) is 0 Å². The van der Waals surface area contributed by atoms with E-state index in [-0.39, 0.29) is 18.5 Å². The molecule has 0 saturated carbocycles. The average molecular weight is 427 g/mol. The van der Waals surface area contributed by atoms with Gasteiger partial charge in [0.1, 0.15) is 0 Å². The number of aryl methyl sites for hydroxylation is 1. The van der Waals surface area contributed by atoms with Gasteiger partial charge in [0.05, 0.1) is 6.54 Å². The molecule has 1 atom stereocenters. The number of benzene rings is 2. The fourth-order valence-corrected chi connectivity index (χ4v) is 3.55. The van der Waals surface area contributed by atoms with Gasteiger partial charge in [-0.3, -0.25) is 4.79 Å². The smallest absolute Gasteiger partial charge is 0.257 e. The molecule has 1 aliphatic rings. The van der Waals surface area contributed by atoms with Gasteiger partial charge in [0.2, 0.25) is 0 Å². The van der Waals surface area contributed by atoms with E-state index in [4.69, 9.17) is 10.3 Å². The van der Waals surface area contributed by atoms with Gasteiger partial charge in [-0.25, -0.2) is 0 Å². The maximum atomic E-state index is 12.2. The van der Waals surface area contributed by atoms with Crippen LogP contribution in [0.3, 0.4) is 0 Å². The summed E-state index contributed by atoms with van der Waals surface area (Å²) < 4.78 is 6.30. The molecular weight excluding hydrogens is 408 g/mol. The van der Waals surface area contributed by atoms with E-state index in [2.05, 4.69) is 37.5 Å². The molecule has 0 spiro atoms. The van der Waals surface area contributed by atoms with Crippen LogP contribution in [0.5, 0.6) is 0 Å². The molecule has 0 saturated heterocycles. The Bertz CT molecular complexity index is 968. The molecule has 3 N–H and O–H groups in total. The van der Waals surface area contributed by atoms with Gasteiger partial charge in [0, 0.05) is 21.6 Å². The SMILES string of the molecule is NC1CCCc2cc(-c3nc(CNC(=O)c4ccc(Br)cc4)no3)ccc21. The quantitative estimate of drug-likeness (QED) is 0.661. The van der Waals surface area contributed by atoms with Crippen molar-refractivity contribution in [3.8, 4) is 11.5 Å². The molecule has 4 rings (SSSR count). The van der Waals surface area contributed by atoms with Crippen LogP contribution in [-0.2, 0) is 13.0 Å². The van der Waals surface area contributed by atoms with Gasteiger partial charge in [-0.1, -0.05) is 27.2 Å². The normalized spacial score (nSPS) is 16.0. The van der Waals surface area contributed by atoms with Crippen LogP contribution in [0.1, 0.15) is 46.2 Å². The number of rotatable bonds is 4. The molecule has 0 radical (unpaired) electrons. The summed E-state index contributed by atoms with van der Waals surface area (Å²) in [5.74, 6) is 0.700. The molecule has 138 valence electrons. The fourth-order valence-electron chi connectivity index (χ4n) is 3.29. The monoisotopic (exact) mass is 426 g/mol. The number of nitrogens with zero attached hydrogens (tertiary/aromatic N) is 2. The Kier molecular flexibility index (Phi) is 5.05. The Hall–Kier alpha value is -2.51. The Morgan fingerprint density at radius 1 is 1.26 bits per heavy atom. The summed E-state index contributed by atoms with van der Waals surface area (Å²) in [6, 6.07) is 13.3. The Labute approximate surface area is 165 Å². The van der Waals surface area contributed by atoms with E-state index in [9.17, 15) is 4.79 Å². The first-order valence-electron chi connectivity index (χ1n) is 8.85. The molecule has 0 fully saturated rings. The third-order valence-electron chi connectivity index (χ3n) is 4.73. The maximum absolute atomic E-state index is 12.2. The van der Waals surface area contributed by atoms with E-state index < -0.39 is 0 Å². The number of nitrogens with two attached hydrogens (primary N) is 1. The van der Waals surface area contributed by atoms with Crippen molar-refractivity contribution in [3.05, 3.63) is 69.5 Å². The van der Waals surface area contributed by atoms with E-state index >= 15 is 0 Å². The van der Waals surface area contributed by atoms with Crippen LogP contribution >= 0.6 is 15.9 Å². The van der Waals surface area contributed by atoms with Crippen LogP contribution in [0.2, 0.25) is 0 Å². The first kappa shape index (κ1) is 17.9. The van der Waals surface area contributed by atoms with Gasteiger partial charge in [0.25, 0.3) is 11.8 Å². The lowest BCUT2D eigenvalue weighted by Gasteiger charge is -2.22. The minimum absolute atomic E-state index is 0.106. The summed E-state index contributed by atoms with van der Waals surface area (Å²) in [5, 5.41) is 6.77. The summed E-state index contributed by atoms with van der Waals surface area (Å²) in [6.45, 7) is 0.203. The number of halogens is 1. The van der Waals surface area contributed by atoms with Crippen LogP contribution in [-0.4, -0.2) is 16.0 Å². The zero-order valence-corrected chi connectivity index (χ0v) is 16.2. The van der Waals surface area contributed by atoms with E-state index in [1.54, 1.807) is 12.1 Å². The lowest BCUT2D eigenvalue weighted by atomic mass is 9.87. The minimum atomic E-state index is -0.184. The molecule has 0 aliphatic heterocycles. The van der Waals surface area contributed by atoms with E-state index in [0.29, 0.717) is 17.3 Å². The number of hydrogen-bond acceptors (Lipinski definition) is 5. The first-order chi connectivity index (χ1) is 13.1. The standard InChI is InChI=1S/C20H19BrN4O2/c21-15-7-4-12(5-8-15)19(26)23-11-18-24-20(27-25-18)14-6-9-16-13(10-14)2-1-3-17(16)22/h4-10,17H,1-3,11,22H2,(H,23,26). The number of fused-ring (bicyclic) bond motifs is 1. The largest absolute Gasteiger partial charge is 0.345 e. The van der Waals surface area contributed by atoms with Crippen LogP contribution in [0.15, 0.2) is 51.5 Å². The van der Waals surface area contributed by atoms with Gasteiger partial charge in [-0.2, -0.15) is 4.98 Å². The average Bonchev–Trinajstić information content (AvgIpc) is 3.16. The fraction of sp³-hybridized carbons (Fsp3) is 0.250. The first-order valence-corrected chi connectivity index (χ1v) is 9.64. The molecule has 2 aromatic carbocycles. The highest BCUT2D eigenvalue weighted by atomic mass is 79.9. The second kappa shape index (κ2) is 7.62. The number of carbonyl (C=O) groups is 1. The van der Waals surface area contributed by atoms with Gasteiger partial charge < -0.3 is 15.6 Å². The zero-order chi connectivity index (χ0) is 18.8. The maximum Gasteiger partial charge on any atom is 0.257 e. The predicted molar refractivity (Wildman–Crippen MR) is 105 cm³/mol. The number of nitrogens with one attached hydrogen (secondary N) is 1. The second-order valence-corrected chi connectivity index (χ2v) is 7.53. The topological polar surface area (TPSA) is 94.0 Å². The van der Waals surface area contributed by atoms with Crippen molar-refractivity contribution in [1.82, 2.24) is 15.5 Å². The molecule has 1 heterocycles. The molecule has 1 unspecified atom stereocenters. The summed E-state index contributed by atoms with van der Waals surface area (Å²) in [7, 11) is 0.